The quantitative estimate of drug-likeness (QED) is 0.0244. The molecule has 0 aromatic carbocycles. The second-order valence-corrected chi connectivity index (χ2v) is 19.3. The molecule has 0 fully saturated rings. The van der Waals surface area contributed by atoms with Gasteiger partial charge in [-0.05, 0) is 64.2 Å². The summed E-state index contributed by atoms with van der Waals surface area (Å²) >= 11 is 0. The zero-order chi connectivity index (χ0) is 45.0. The lowest BCUT2D eigenvalue weighted by Crippen LogP contribution is -2.45. The maximum Gasteiger partial charge on any atom is 0.472 e. The topological polar surface area (TPSA) is 105 Å². The van der Waals surface area contributed by atoms with Crippen LogP contribution in [0.5, 0.6) is 0 Å². The lowest BCUT2D eigenvalue weighted by atomic mass is 10.0. The Hall–Kier alpha value is -2.06. The largest absolute Gasteiger partial charge is 0.472 e. The summed E-state index contributed by atoms with van der Waals surface area (Å²) in [6, 6.07) is -0.856. The average Bonchev–Trinajstić information content (AvgIpc) is 3.21. The number of aliphatic hydroxyl groups excluding tert-OH is 1. The van der Waals surface area contributed by atoms with Crippen LogP contribution in [0.15, 0.2) is 72.9 Å². The fourth-order valence-corrected chi connectivity index (χ4v) is 7.51. The molecule has 1 amide bonds. The Morgan fingerprint density at radius 1 is 0.574 bits per heavy atom. The number of hydrogen-bond acceptors (Lipinski definition) is 5. The summed E-state index contributed by atoms with van der Waals surface area (Å²) in [6.07, 6.45) is 58.3. The molecule has 0 saturated heterocycles. The second-order valence-electron chi connectivity index (χ2n) is 17.8. The van der Waals surface area contributed by atoms with E-state index < -0.39 is 20.0 Å². The summed E-state index contributed by atoms with van der Waals surface area (Å²) in [5.74, 6) is -0.191. The van der Waals surface area contributed by atoms with Gasteiger partial charge in [-0.1, -0.05) is 202 Å². The van der Waals surface area contributed by atoms with Crippen molar-refractivity contribution >= 4 is 13.7 Å². The number of aliphatic hydroxyl groups is 1. The van der Waals surface area contributed by atoms with Crippen molar-refractivity contribution < 1.29 is 32.9 Å². The maximum atomic E-state index is 12.9. The third kappa shape index (κ3) is 45.8. The SMILES string of the molecule is CC/C=C\C/C=C\C/C=C\C/C=C\C/C=C\CCCCCCCCCC(=O)NC(COP(=O)(O)OCC[N+](C)(C)C)C(O)/C=C/CCCCCCCCCCCCCCCC. The van der Waals surface area contributed by atoms with Crippen LogP contribution in [0, 0.1) is 0 Å². The average molecular weight is 876 g/mol. The van der Waals surface area contributed by atoms with Crippen molar-refractivity contribution in [2.75, 3.05) is 40.9 Å². The number of carbonyl (C=O) groups excluding carboxylic acids is 1. The second kappa shape index (κ2) is 43.2. The molecule has 8 nitrogen and oxygen atoms in total. The van der Waals surface area contributed by atoms with E-state index in [9.17, 15) is 19.4 Å². The van der Waals surface area contributed by atoms with Gasteiger partial charge in [0.25, 0.3) is 0 Å². The molecule has 0 aromatic rings. The fraction of sp³-hybridized carbons (Fsp3) is 0.750. The van der Waals surface area contributed by atoms with Crippen molar-refractivity contribution in [2.24, 2.45) is 0 Å². The smallest absolute Gasteiger partial charge is 0.387 e. The standard InChI is InChI=1S/C52H95N2O6P/c1-6-8-10-12-14-16-18-20-22-24-25-26-27-28-29-30-32-34-36-38-40-42-44-46-52(56)53-50(49-60-61(57,58)59-48-47-54(3,4)5)51(55)45-43-41-39-37-35-33-31-23-21-19-17-15-13-11-9-7-2/h8,10,14,16,20,22,25-26,28-29,43,45,50-51,55H,6-7,9,11-13,15,17-19,21,23-24,27,30-42,44,46-49H2,1-5H3,(H-,53,56,57,58)/p+1/b10-8-,16-14-,22-20-,26-25-,29-28-,45-43+. The summed E-state index contributed by atoms with van der Waals surface area (Å²) in [6.45, 7) is 4.69. The molecule has 0 bridgehead atoms. The van der Waals surface area contributed by atoms with Crippen LogP contribution in [0.25, 0.3) is 0 Å². The van der Waals surface area contributed by atoms with Gasteiger partial charge in [-0.2, -0.15) is 0 Å². The third-order valence-corrected chi connectivity index (χ3v) is 11.7. The number of nitrogens with one attached hydrogen (secondary N) is 1. The molecule has 61 heavy (non-hydrogen) atoms. The highest BCUT2D eigenvalue weighted by Gasteiger charge is 2.27. The molecule has 354 valence electrons. The van der Waals surface area contributed by atoms with E-state index >= 15 is 0 Å². The zero-order valence-electron chi connectivity index (χ0n) is 40.1. The van der Waals surface area contributed by atoms with Crippen molar-refractivity contribution in [3.63, 3.8) is 0 Å². The molecule has 0 heterocycles. The van der Waals surface area contributed by atoms with E-state index in [0.29, 0.717) is 17.4 Å². The Balaban J connectivity index is 4.37. The number of allylic oxidation sites excluding steroid dienone is 11. The fourth-order valence-electron chi connectivity index (χ4n) is 6.77. The van der Waals surface area contributed by atoms with Crippen molar-refractivity contribution in [2.45, 2.75) is 212 Å². The van der Waals surface area contributed by atoms with Crippen LogP contribution in [0.3, 0.4) is 0 Å². The molecule has 0 aliphatic heterocycles. The van der Waals surface area contributed by atoms with Crippen LogP contribution in [-0.2, 0) is 18.4 Å². The minimum Gasteiger partial charge on any atom is -0.387 e. The van der Waals surface area contributed by atoms with Crippen molar-refractivity contribution in [3.8, 4) is 0 Å². The highest BCUT2D eigenvalue weighted by Crippen LogP contribution is 2.43. The molecule has 0 rings (SSSR count). The number of unbranched alkanes of at least 4 members (excludes halogenated alkanes) is 21. The highest BCUT2D eigenvalue weighted by atomic mass is 31.2. The van der Waals surface area contributed by atoms with Crippen LogP contribution < -0.4 is 5.32 Å². The van der Waals surface area contributed by atoms with Gasteiger partial charge in [0.05, 0.1) is 39.9 Å². The van der Waals surface area contributed by atoms with E-state index in [2.05, 4.69) is 79.9 Å². The molecule has 0 saturated carbocycles. The third-order valence-electron chi connectivity index (χ3n) is 10.7. The van der Waals surface area contributed by atoms with Gasteiger partial charge in [0.2, 0.25) is 5.91 Å². The first kappa shape index (κ1) is 58.9. The summed E-state index contributed by atoms with van der Waals surface area (Å²) in [4.78, 5) is 23.2. The van der Waals surface area contributed by atoms with E-state index in [1.807, 2.05) is 27.2 Å². The van der Waals surface area contributed by atoms with Crippen LogP contribution in [-0.4, -0.2) is 73.4 Å². The molecular weight excluding hydrogens is 780 g/mol. The summed E-state index contributed by atoms with van der Waals surface area (Å²) in [5, 5.41) is 13.9. The highest BCUT2D eigenvalue weighted by molar-refractivity contribution is 7.47. The van der Waals surface area contributed by atoms with Crippen molar-refractivity contribution in [1.82, 2.24) is 5.32 Å². The van der Waals surface area contributed by atoms with Gasteiger partial charge in [0, 0.05) is 6.42 Å². The minimum absolute atomic E-state index is 0.0558. The first-order chi connectivity index (χ1) is 29.5. The van der Waals surface area contributed by atoms with Gasteiger partial charge in [0.15, 0.2) is 0 Å². The molecule has 9 heteroatoms. The van der Waals surface area contributed by atoms with Crippen LogP contribution in [0.2, 0.25) is 0 Å². The molecule has 0 aliphatic rings. The number of amides is 1. The Bertz CT molecular complexity index is 1220. The molecule has 3 unspecified atom stereocenters. The molecule has 3 atom stereocenters. The summed E-state index contributed by atoms with van der Waals surface area (Å²) < 4.78 is 23.6. The number of phosphoric acid groups is 1. The van der Waals surface area contributed by atoms with Gasteiger partial charge < -0.3 is 19.8 Å². The number of nitrogens with zero attached hydrogens (tertiary/aromatic N) is 1. The molecule has 0 radical (unpaired) electrons. The minimum atomic E-state index is -4.35. The number of carbonyl (C=O) groups is 1. The van der Waals surface area contributed by atoms with Crippen LogP contribution >= 0.6 is 7.82 Å². The Kier molecular flexibility index (Phi) is 41.7. The first-order valence-electron chi connectivity index (χ1n) is 24.8. The van der Waals surface area contributed by atoms with E-state index in [-0.39, 0.29) is 19.1 Å². The van der Waals surface area contributed by atoms with Crippen LogP contribution in [0.1, 0.15) is 200 Å². The number of likely N-dealkylation sites (N-methyl/N-ethyl adjacent to an activating group) is 1. The Morgan fingerprint density at radius 3 is 1.44 bits per heavy atom. The van der Waals surface area contributed by atoms with Gasteiger partial charge in [-0.25, -0.2) is 4.57 Å². The number of phosphoric ester groups is 1. The Labute approximate surface area is 376 Å². The van der Waals surface area contributed by atoms with E-state index in [0.717, 1.165) is 83.5 Å². The molecule has 0 aliphatic carbocycles. The van der Waals surface area contributed by atoms with Gasteiger partial charge in [-0.15, -0.1) is 0 Å². The van der Waals surface area contributed by atoms with Gasteiger partial charge in [0.1, 0.15) is 13.2 Å². The number of rotatable bonds is 44. The summed E-state index contributed by atoms with van der Waals surface area (Å²) in [5.41, 5.74) is 0. The van der Waals surface area contributed by atoms with Gasteiger partial charge in [-0.3, -0.25) is 13.8 Å². The van der Waals surface area contributed by atoms with E-state index in [1.165, 1.54) is 96.3 Å². The predicted molar refractivity (Wildman–Crippen MR) is 263 cm³/mol. The summed E-state index contributed by atoms with van der Waals surface area (Å²) in [7, 11) is 1.55. The van der Waals surface area contributed by atoms with Crippen molar-refractivity contribution in [3.05, 3.63) is 72.9 Å². The van der Waals surface area contributed by atoms with Crippen LogP contribution in [0.4, 0.5) is 0 Å². The lowest BCUT2D eigenvalue weighted by molar-refractivity contribution is -0.870. The van der Waals surface area contributed by atoms with Gasteiger partial charge >= 0.3 is 7.82 Å². The zero-order valence-corrected chi connectivity index (χ0v) is 41.0. The van der Waals surface area contributed by atoms with E-state index in [4.69, 9.17) is 9.05 Å². The Morgan fingerprint density at radius 2 is 0.984 bits per heavy atom. The lowest BCUT2D eigenvalue weighted by Gasteiger charge is -2.25. The monoisotopic (exact) mass is 876 g/mol. The predicted octanol–water partition coefficient (Wildman–Crippen LogP) is 14.4. The normalized spacial score (nSPS) is 14.8. The molecular formula is C52H96N2O6P+. The molecule has 3 N–H and O–H groups in total. The van der Waals surface area contributed by atoms with Crippen molar-refractivity contribution in [1.29, 1.82) is 0 Å². The van der Waals surface area contributed by atoms with E-state index in [1.54, 1.807) is 6.08 Å². The maximum absolute atomic E-state index is 12.9. The number of hydrogen-bond donors (Lipinski definition) is 3. The number of quaternary nitrogens is 1. The first-order valence-corrected chi connectivity index (χ1v) is 26.3. The molecule has 0 spiro atoms. The molecule has 0 aromatic heterocycles.